The van der Waals surface area contributed by atoms with Crippen molar-refractivity contribution in [3.63, 3.8) is 0 Å². The van der Waals surface area contributed by atoms with Crippen LogP contribution in [0.25, 0.3) is 17.4 Å². The summed E-state index contributed by atoms with van der Waals surface area (Å²) in [6.07, 6.45) is 1.47. The SMILES string of the molecule is CCN1C(=O)S/C(=C/c2ccc(-c3ccccc3[N+](=O)[O-])o2)C1=O. The Morgan fingerprint density at radius 3 is 2.67 bits per heavy atom. The van der Waals surface area contributed by atoms with Crippen LogP contribution in [0.15, 0.2) is 45.7 Å². The second kappa shape index (κ2) is 6.32. The van der Waals surface area contributed by atoms with E-state index in [9.17, 15) is 19.7 Å². The smallest absolute Gasteiger partial charge is 0.293 e. The highest BCUT2D eigenvalue weighted by atomic mass is 32.2. The Kier molecular flexibility index (Phi) is 4.22. The average molecular weight is 344 g/mol. The minimum absolute atomic E-state index is 0.0651. The molecule has 0 saturated carbocycles. The normalized spacial score (nSPS) is 16.2. The molecule has 0 aliphatic carbocycles. The number of imide groups is 1. The molecule has 1 aliphatic heterocycles. The molecular formula is C16H12N2O5S. The first-order valence-corrected chi connectivity index (χ1v) is 7.92. The van der Waals surface area contributed by atoms with Crippen LogP contribution in [0.5, 0.6) is 0 Å². The zero-order valence-corrected chi connectivity index (χ0v) is 13.4. The van der Waals surface area contributed by atoms with Crippen molar-refractivity contribution in [1.29, 1.82) is 0 Å². The lowest BCUT2D eigenvalue weighted by Gasteiger charge is -2.06. The summed E-state index contributed by atoms with van der Waals surface area (Å²) >= 11 is 0.845. The monoisotopic (exact) mass is 344 g/mol. The topological polar surface area (TPSA) is 93.7 Å². The van der Waals surface area contributed by atoms with Crippen molar-refractivity contribution in [3.8, 4) is 11.3 Å². The van der Waals surface area contributed by atoms with Gasteiger partial charge in [-0.05, 0) is 36.9 Å². The van der Waals surface area contributed by atoms with Crippen molar-refractivity contribution >= 4 is 34.7 Å². The van der Waals surface area contributed by atoms with Gasteiger partial charge in [0.1, 0.15) is 11.5 Å². The Bertz CT molecular complexity index is 871. The van der Waals surface area contributed by atoms with Crippen LogP contribution in [0.3, 0.4) is 0 Å². The number of benzene rings is 1. The van der Waals surface area contributed by atoms with Crippen molar-refractivity contribution in [3.05, 3.63) is 57.2 Å². The number of para-hydroxylation sites is 1. The molecule has 0 spiro atoms. The van der Waals surface area contributed by atoms with E-state index in [1.165, 1.54) is 12.1 Å². The number of thioether (sulfide) groups is 1. The van der Waals surface area contributed by atoms with Crippen LogP contribution in [-0.4, -0.2) is 27.5 Å². The molecule has 1 fully saturated rings. The zero-order valence-electron chi connectivity index (χ0n) is 12.6. The van der Waals surface area contributed by atoms with E-state index in [4.69, 9.17) is 4.42 Å². The van der Waals surface area contributed by atoms with Gasteiger partial charge in [0.05, 0.1) is 15.4 Å². The molecular weight excluding hydrogens is 332 g/mol. The van der Waals surface area contributed by atoms with Crippen molar-refractivity contribution in [2.45, 2.75) is 6.92 Å². The Balaban J connectivity index is 1.93. The molecule has 0 N–H and O–H groups in total. The van der Waals surface area contributed by atoms with Crippen LogP contribution >= 0.6 is 11.8 Å². The van der Waals surface area contributed by atoms with E-state index >= 15 is 0 Å². The average Bonchev–Trinajstić information content (AvgIpc) is 3.13. The van der Waals surface area contributed by atoms with Gasteiger partial charge in [-0.1, -0.05) is 12.1 Å². The quantitative estimate of drug-likeness (QED) is 0.474. The molecule has 1 aromatic carbocycles. The number of carbonyl (C=O) groups excluding carboxylic acids is 2. The summed E-state index contributed by atoms with van der Waals surface area (Å²) in [6.45, 7) is 2.03. The third-order valence-electron chi connectivity index (χ3n) is 3.46. The maximum absolute atomic E-state index is 12.1. The minimum Gasteiger partial charge on any atom is -0.456 e. The van der Waals surface area contributed by atoms with Crippen molar-refractivity contribution < 1.29 is 18.9 Å². The Morgan fingerprint density at radius 2 is 2.00 bits per heavy atom. The third-order valence-corrected chi connectivity index (χ3v) is 4.36. The van der Waals surface area contributed by atoms with Gasteiger partial charge in [0, 0.05) is 18.7 Å². The van der Waals surface area contributed by atoms with E-state index in [0.29, 0.717) is 23.6 Å². The molecule has 2 aromatic rings. The van der Waals surface area contributed by atoms with Gasteiger partial charge < -0.3 is 4.42 Å². The van der Waals surface area contributed by atoms with Crippen LogP contribution in [-0.2, 0) is 4.79 Å². The van der Waals surface area contributed by atoms with Crippen LogP contribution in [0, 0.1) is 10.1 Å². The van der Waals surface area contributed by atoms with Crippen LogP contribution < -0.4 is 0 Å². The fourth-order valence-corrected chi connectivity index (χ4v) is 3.20. The van der Waals surface area contributed by atoms with E-state index in [0.717, 1.165) is 16.7 Å². The summed E-state index contributed by atoms with van der Waals surface area (Å²) in [5.74, 6) is 0.309. The minimum atomic E-state index is -0.482. The molecule has 0 bridgehead atoms. The van der Waals surface area contributed by atoms with E-state index in [1.54, 1.807) is 37.3 Å². The molecule has 0 atom stereocenters. The predicted molar refractivity (Wildman–Crippen MR) is 89.1 cm³/mol. The molecule has 3 rings (SSSR count). The number of nitro groups is 1. The first-order valence-electron chi connectivity index (χ1n) is 7.10. The Hall–Kier alpha value is -2.87. The van der Waals surface area contributed by atoms with Gasteiger partial charge >= 0.3 is 0 Å². The number of amides is 2. The van der Waals surface area contributed by atoms with Crippen LogP contribution in [0.4, 0.5) is 10.5 Å². The van der Waals surface area contributed by atoms with E-state index in [-0.39, 0.29) is 21.7 Å². The summed E-state index contributed by atoms with van der Waals surface area (Å²) in [7, 11) is 0. The maximum Gasteiger partial charge on any atom is 0.293 e. The van der Waals surface area contributed by atoms with Gasteiger partial charge in [-0.3, -0.25) is 24.6 Å². The van der Waals surface area contributed by atoms with E-state index < -0.39 is 4.92 Å². The molecule has 8 heteroatoms. The molecule has 2 amide bonds. The zero-order chi connectivity index (χ0) is 17.3. The van der Waals surface area contributed by atoms with E-state index in [2.05, 4.69) is 0 Å². The fraction of sp³-hybridized carbons (Fsp3) is 0.125. The summed E-state index contributed by atoms with van der Waals surface area (Å²) in [4.78, 5) is 35.8. The summed E-state index contributed by atoms with van der Waals surface area (Å²) in [5.41, 5.74) is 0.286. The Morgan fingerprint density at radius 1 is 1.25 bits per heavy atom. The van der Waals surface area contributed by atoms with Gasteiger partial charge in [-0.25, -0.2) is 0 Å². The van der Waals surface area contributed by atoms with Gasteiger partial charge in [0.2, 0.25) is 0 Å². The van der Waals surface area contributed by atoms with Crippen molar-refractivity contribution in [1.82, 2.24) is 4.90 Å². The molecule has 122 valence electrons. The predicted octanol–water partition coefficient (Wildman–Crippen LogP) is 3.91. The molecule has 1 saturated heterocycles. The van der Waals surface area contributed by atoms with Gasteiger partial charge in [0.15, 0.2) is 0 Å². The highest BCUT2D eigenvalue weighted by Crippen LogP contribution is 2.34. The number of nitrogens with zero attached hydrogens (tertiary/aromatic N) is 2. The molecule has 2 heterocycles. The third kappa shape index (κ3) is 2.83. The molecule has 7 nitrogen and oxygen atoms in total. The number of hydrogen-bond donors (Lipinski definition) is 0. The number of likely N-dealkylation sites (N-methyl/N-ethyl adjacent to an activating group) is 1. The highest BCUT2D eigenvalue weighted by molar-refractivity contribution is 8.18. The number of nitro benzene ring substituents is 1. The first kappa shape index (κ1) is 16.0. The van der Waals surface area contributed by atoms with Gasteiger partial charge in [-0.2, -0.15) is 0 Å². The van der Waals surface area contributed by atoms with Crippen molar-refractivity contribution in [2.24, 2.45) is 0 Å². The molecule has 0 radical (unpaired) electrons. The molecule has 1 aliphatic rings. The number of furan rings is 1. The first-order chi connectivity index (χ1) is 11.5. The summed E-state index contributed by atoms with van der Waals surface area (Å²) < 4.78 is 5.60. The molecule has 0 unspecified atom stereocenters. The number of rotatable bonds is 4. The van der Waals surface area contributed by atoms with Crippen molar-refractivity contribution in [2.75, 3.05) is 6.54 Å². The van der Waals surface area contributed by atoms with E-state index in [1.807, 2.05) is 0 Å². The number of carbonyl (C=O) groups is 2. The summed E-state index contributed by atoms with van der Waals surface area (Å²) in [5, 5.41) is 10.8. The second-order valence-electron chi connectivity index (χ2n) is 4.90. The van der Waals surface area contributed by atoms with Gasteiger partial charge in [-0.15, -0.1) is 0 Å². The molecule has 24 heavy (non-hydrogen) atoms. The maximum atomic E-state index is 12.1. The highest BCUT2D eigenvalue weighted by Gasteiger charge is 2.34. The fourth-order valence-electron chi connectivity index (χ4n) is 2.32. The van der Waals surface area contributed by atoms with Crippen LogP contribution in [0.1, 0.15) is 12.7 Å². The van der Waals surface area contributed by atoms with Gasteiger partial charge in [0.25, 0.3) is 16.8 Å². The molecule has 1 aromatic heterocycles. The van der Waals surface area contributed by atoms with Crippen LogP contribution in [0.2, 0.25) is 0 Å². The Labute approximate surface area is 141 Å². The number of hydrogen-bond acceptors (Lipinski definition) is 6. The lowest BCUT2D eigenvalue weighted by Crippen LogP contribution is -2.27. The standard InChI is InChI=1S/C16H12N2O5S/c1-2-17-15(19)14(24-16(17)20)9-10-7-8-13(23-10)11-5-3-4-6-12(11)18(21)22/h3-9H,2H2,1H3/b14-9+. The lowest BCUT2D eigenvalue weighted by molar-refractivity contribution is -0.384. The second-order valence-corrected chi connectivity index (χ2v) is 5.90. The largest absolute Gasteiger partial charge is 0.456 e. The summed E-state index contributed by atoms with van der Waals surface area (Å²) in [6, 6.07) is 9.43. The lowest BCUT2D eigenvalue weighted by atomic mass is 10.1.